The first kappa shape index (κ1) is 21.4. The maximum absolute atomic E-state index is 12.1. The van der Waals surface area contributed by atoms with Crippen LogP contribution in [-0.2, 0) is 9.59 Å². The van der Waals surface area contributed by atoms with Gasteiger partial charge < -0.3 is 20.4 Å². The maximum atomic E-state index is 12.1. The summed E-state index contributed by atoms with van der Waals surface area (Å²) in [4.78, 5) is 28.0. The summed E-state index contributed by atoms with van der Waals surface area (Å²) < 4.78 is 0. The highest BCUT2D eigenvalue weighted by molar-refractivity contribution is 7.80. The van der Waals surface area contributed by atoms with Gasteiger partial charge in [0.1, 0.15) is 0 Å². The van der Waals surface area contributed by atoms with Gasteiger partial charge in [0.2, 0.25) is 11.8 Å². The van der Waals surface area contributed by atoms with Gasteiger partial charge in [-0.25, -0.2) is 0 Å². The molecule has 2 N–H and O–H groups in total. The summed E-state index contributed by atoms with van der Waals surface area (Å²) in [5, 5.41) is 6.64. The van der Waals surface area contributed by atoms with Crippen molar-refractivity contribution in [2.45, 2.75) is 34.1 Å². The quantitative estimate of drug-likeness (QED) is 0.749. The molecule has 2 rings (SSSR count). The standard InChI is InChI=1S/C19H27ClN4O2S/c1-5-15(25)23-9-11-24(12-10-23)16-13(20)7-6-8-14(16)21-18(27)22-17(26)19(2,3)4/h6-8H,5,9-12H2,1-4H3,(H2,21,22,26,27). The van der Waals surface area contributed by atoms with Crippen molar-refractivity contribution < 1.29 is 9.59 Å². The first-order valence-corrected chi connectivity index (χ1v) is 9.85. The number of carbonyl (C=O) groups excluding carboxylic acids is 2. The van der Waals surface area contributed by atoms with E-state index in [0.717, 1.165) is 11.4 Å². The van der Waals surface area contributed by atoms with Gasteiger partial charge in [-0.15, -0.1) is 0 Å². The summed E-state index contributed by atoms with van der Waals surface area (Å²) >= 11 is 11.8. The molecule has 0 radical (unpaired) electrons. The summed E-state index contributed by atoms with van der Waals surface area (Å²) in [6, 6.07) is 5.53. The number of piperazine rings is 1. The van der Waals surface area contributed by atoms with Crippen LogP contribution in [0.3, 0.4) is 0 Å². The predicted molar refractivity (Wildman–Crippen MR) is 114 cm³/mol. The minimum Gasteiger partial charge on any atom is -0.365 e. The van der Waals surface area contributed by atoms with E-state index in [4.69, 9.17) is 23.8 Å². The lowest BCUT2D eigenvalue weighted by Crippen LogP contribution is -2.49. The molecule has 1 aliphatic rings. The van der Waals surface area contributed by atoms with Gasteiger partial charge in [0, 0.05) is 38.0 Å². The summed E-state index contributed by atoms with van der Waals surface area (Å²) in [5.74, 6) is 0.00787. The lowest BCUT2D eigenvalue weighted by atomic mass is 9.96. The van der Waals surface area contributed by atoms with Crippen LogP contribution in [0, 0.1) is 5.41 Å². The number of halogens is 1. The fourth-order valence-electron chi connectivity index (χ4n) is 2.78. The first-order valence-electron chi connectivity index (χ1n) is 9.07. The Hall–Kier alpha value is -1.86. The topological polar surface area (TPSA) is 64.7 Å². The van der Waals surface area contributed by atoms with E-state index in [0.29, 0.717) is 37.6 Å². The number of carbonyl (C=O) groups is 2. The zero-order valence-electron chi connectivity index (χ0n) is 16.3. The van der Waals surface area contributed by atoms with Crippen LogP contribution in [0.5, 0.6) is 0 Å². The molecule has 1 aliphatic heterocycles. The van der Waals surface area contributed by atoms with E-state index in [-0.39, 0.29) is 16.9 Å². The Morgan fingerprint density at radius 2 is 1.81 bits per heavy atom. The molecule has 0 atom stereocenters. The number of para-hydroxylation sites is 1. The lowest BCUT2D eigenvalue weighted by molar-refractivity contribution is -0.131. The Balaban J connectivity index is 2.12. The molecule has 2 amide bonds. The second kappa shape index (κ2) is 8.89. The summed E-state index contributed by atoms with van der Waals surface area (Å²) in [6.07, 6.45) is 0.515. The van der Waals surface area contributed by atoms with Gasteiger partial charge in [-0.05, 0) is 24.4 Å². The maximum Gasteiger partial charge on any atom is 0.231 e. The van der Waals surface area contributed by atoms with Crippen molar-refractivity contribution in [3.8, 4) is 0 Å². The fraction of sp³-hybridized carbons (Fsp3) is 0.526. The average molecular weight is 411 g/mol. The monoisotopic (exact) mass is 410 g/mol. The highest BCUT2D eigenvalue weighted by Gasteiger charge is 2.25. The third-order valence-electron chi connectivity index (χ3n) is 4.39. The molecule has 1 heterocycles. The van der Waals surface area contributed by atoms with Gasteiger partial charge in [0.05, 0.1) is 16.4 Å². The Labute approximate surface area is 171 Å². The average Bonchev–Trinajstić information content (AvgIpc) is 2.60. The number of hydrogen-bond donors (Lipinski definition) is 2. The molecule has 6 nitrogen and oxygen atoms in total. The SMILES string of the molecule is CCC(=O)N1CCN(c2c(Cl)cccc2NC(=S)NC(=O)C(C)(C)C)CC1. The molecule has 1 fully saturated rings. The van der Waals surface area contributed by atoms with Gasteiger partial charge in [0.15, 0.2) is 5.11 Å². The molecule has 0 aromatic heterocycles. The van der Waals surface area contributed by atoms with E-state index < -0.39 is 5.41 Å². The first-order chi connectivity index (χ1) is 12.6. The minimum absolute atomic E-state index is 0.157. The van der Waals surface area contributed by atoms with Crippen molar-refractivity contribution in [3.63, 3.8) is 0 Å². The molecular weight excluding hydrogens is 384 g/mol. The van der Waals surface area contributed by atoms with E-state index >= 15 is 0 Å². The minimum atomic E-state index is -0.537. The van der Waals surface area contributed by atoms with Gasteiger partial charge in [-0.2, -0.15) is 0 Å². The number of amides is 2. The molecule has 1 aromatic carbocycles. The second-order valence-electron chi connectivity index (χ2n) is 7.52. The van der Waals surface area contributed by atoms with Crippen LogP contribution < -0.4 is 15.5 Å². The van der Waals surface area contributed by atoms with Crippen molar-refractivity contribution in [2.24, 2.45) is 5.41 Å². The Morgan fingerprint density at radius 1 is 1.19 bits per heavy atom. The molecule has 8 heteroatoms. The molecule has 1 aromatic rings. The molecule has 0 unspecified atom stereocenters. The Bertz CT molecular complexity index is 725. The van der Waals surface area contributed by atoms with Gasteiger partial charge >= 0.3 is 0 Å². The van der Waals surface area contributed by atoms with E-state index in [1.165, 1.54) is 0 Å². The fourth-order valence-corrected chi connectivity index (χ4v) is 3.28. The molecule has 148 valence electrons. The molecule has 0 spiro atoms. The number of rotatable bonds is 3. The number of anilines is 2. The van der Waals surface area contributed by atoms with Gasteiger partial charge in [-0.3, -0.25) is 9.59 Å². The summed E-state index contributed by atoms with van der Waals surface area (Å²) in [7, 11) is 0. The zero-order valence-corrected chi connectivity index (χ0v) is 17.8. The van der Waals surface area contributed by atoms with Crippen molar-refractivity contribution in [1.82, 2.24) is 10.2 Å². The van der Waals surface area contributed by atoms with Gasteiger partial charge in [-0.1, -0.05) is 45.4 Å². The van der Waals surface area contributed by atoms with Crippen molar-refractivity contribution in [3.05, 3.63) is 23.2 Å². The highest BCUT2D eigenvalue weighted by Crippen LogP contribution is 2.34. The van der Waals surface area contributed by atoms with E-state index in [9.17, 15) is 9.59 Å². The van der Waals surface area contributed by atoms with Crippen LogP contribution >= 0.6 is 23.8 Å². The molecule has 0 saturated carbocycles. The second-order valence-corrected chi connectivity index (χ2v) is 8.33. The number of hydrogen-bond acceptors (Lipinski definition) is 4. The van der Waals surface area contributed by atoms with E-state index in [1.807, 2.05) is 50.8 Å². The number of thiocarbonyl (C=S) groups is 1. The molecule has 27 heavy (non-hydrogen) atoms. The van der Waals surface area contributed by atoms with Gasteiger partial charge in [0.25, 0.3) is 0 Å². The summed E-state index contributed by atoms with van der Waals surface area (Å²) in [5.41, 5.74) is 1.03. The molecule has 0 aliphatic carbocycles. The molecular formula is C19H27ClN4O2S. The summed E-state index contributed by atoms with van der Waals surface area (Å²) in [6.45, 7) is 10.0. The van der Waals surface area contributed by atoms with E-state index in [1.54, 1.807) is 0 Å². The molecule has 0 bridgehead atoms. The van der Waals surface area contributed by atoms with Crippen LogP contribution in [0.1, 0.15) is 34.1 Å². The highest BCUT2D eigenvalue weighted by atomic mass is 35.5. The van der Waals surface area contributed by atoms with Crippen LogP contribution in [0.15, 0.2) is 18.2 Å². The Morgan fingerprint density at radius 3 is 2.37 bits per heavy atom. The van der Waals surface area contributed by atoms with Crippen LogP contribution in [-0.4, -0.2) is 48.0 Å². The number of nitrogens with zero attached hydrogens (tertiary/aromatic N) is 2. The van der Waals surface area contributed by atoms with Crippen molar-refractivity contribution >= 4 is 52.1 Å². The molecule has 1 saturated heterocycles. The zero-order chi connectivity index (χ0) is 20.2. The number of nitrogens with one attached hydrogen (secondary N) is 2. The van der Waals surface area contributed by atoms with Crippen molar-refractivity contribution in [2.75, 3.05) is 36.4 Å². The largest absolute Gasteiger partial charge is 0.365 e. The third-order valence-corrected chi connectivity index (χ3v) is 4.90. The van der Waals surface area contributed by atoms with Crippen LogP contribution in [0.4, 0.5) is 11.4 Å². The normalized spacial score (nSPS) is 14.7. The lowest BCUT2D eigenvalue weighted by Gasteiger charge is -2.37. The van der Waals surface area contributed by atoms with Crippen LogP contribution in [0.2, 0.25) is 5.02 Å². The Kier molecular flexibility index (Phi) is 7.06. The van der Waals surface area contributed by atoms with Crippen LogP contribution in [0.25, 0.3) is 0 Å². The number of benzene rings is 1. The van der Waals surface area contributed by atoms with Crippen molar-refractivity contribution in [1.29, 1.82) is 0 Å². The predicted octanol–water partition coefficient (Wildman–Crippen LogP) is 3.26. The smallest absolute Gasteiger partial charge is 0.231 e. The third kappa shape index (κ3) is 5.56. The van der Waals surface area contributed by atoms with E-state index in [2.05, 4.69) is 15.5 Å².